The number of anilines is 1. The lowest BCUT2D eigenvalue weighted by Gasteiger charge is -2.09. The molecule has 1 N–H and O–H groups in total. The Hall–Kier alpha value is -1.92. The van der Waals surface area contributed by atoms with E-state index in [4.69, 9.17) is 4.74 Å². The third-order valence-corrected chi connectivity index (χ3v) is 6.02. The average Bonchev–Trinajstić information content (AvgIpc) is 2.99. The van der Waals surface area contributed by atoms with Crippen molar-refractivity contribution in [1.29, 1.82) is 0 Å². The molecular formula is C12H12FN3O5S3. The molecule has 0 aliphatic heterocycles. The van der Waals surface area contributed by atoms with Gasteiger partial charge in [-0.25, -0.2) is 12.8 Å². The van der Waals surface area contributed by atoms with Crippen LogP contribution in [0.2, 0.25) is 0 Å². The molecule has 12 heteroatoms. The van der Waals surface area contributed by atoms with E-state index in [2.05, 4.69) is 19.7 Å². The van der Waals surface area contributed by atoms with Gasteiger partial charge in [-0.3, -0.25) is 9.52 Å². The summed E-state index contributed by atoms with van der Waals surface area (Å²) in [5.74, 6) is -1.14. The number of nitrogens with one attached hydrogen (secondary N) is 1. The van der Waals surface area contributed by atoms with E-state index in [-0.39, 0.29) is 21.5 Å². The zero-order chi connectivity index (χ0) is 17.7. The molecular weight excluding hydrogens is 381 g/mol. The Morgan fingerprint density at radius 3 is 2.79 bits per heavy atom. The maximum absolute atomic E-state index is 13.3. The van der Waals surface area contributed by atoms with E-state index in [1.807, 2.05) is 0 Å². The predicted octanol–water partition coefficient (Wildman–Crippen LogP) is 1.75. The van der Waals surface area contributed by atoms with Crippen LogP contribution in [0.3, 0.4) is 0 Å². The molecule has 0 bridgehead atoms. The van der Waals surface area contributed by atoms with Crippen LogP contribution in [-0.4, -0.2) is 44.6 Å². The molecule has 8 nitrogen and oxygen atoms in total. The van der Waals surface area contributed by atoms with E-state index in [1.165, 1.54) is 20.3 Å². The number of nitrogens with zero attached hydrogens (tertiary/aromatic N) is 2. The van der Waals surface area contributed by atoms with Gasteiger partial charge >= 0.3 is 5.97 Å². The number of ether oxygens (including phenoxy) is 2. The van der Waals surface area contributed by atoms with Crippen LogP contribution in [-0.2, 0) is 19.6 Å². The number of rotatable bonds is 7. The van der Waals surface area contributed by atoms with Crippen molar-refractivity contribution in [2.24, 2.45) is 0 Å². The highest BCUT2D eigenvalue weighted by molar-refractivity contribution is 8.01. The topological polar surface area (TPSA) is 107 Å². The minimum atomic E-state index is -4.11. The molecule has 0 saturated carbocycles. The lowest BCUT2D eigenvalue weighted by atomic mass is 10.3. The van der Waals surface area contributed by atoms with Crippen molar-refractivity contribution in [3.63, 3.8) is 0 Å². The number of benzene rings is 1. The van der Waals surface area contributed by atoms with Crippen LogP contribution in [0, 0.1) is 5.82 Å². The zero-order valence-corrected chi connectivity index (χ0v) is 14.9. The van der Waals surface area contributed by atoms with E-state index in [0.29, 0.717) is 4.34 Å². The van der Waals surface area contributed by atoms with Gasteiger partial charge in [-0.15, -0.1) is 10.2 Å². The number of thioether (sulfide) groups is 1. The van der Waals surface area contributed by atoms with Gasteiger partial charge in [0.2, 0.25) is 5.13 Å². The molecule has 0 aliphatic carbocycles. The lowest BCUT2D eigenvalue weighted by molar-refractivity contribution is -0.137. The number of carbonyl (C=O) groups excluding carboxylic acids is 1. The summed E-state index contributed by atoms with van der Waals surface area (Å²) in [7, 11) is -1.57. The third kappa shape index (κ3) is 4.55. The van der Waals surface area contributed by atoms with E-state index in [1.54, 1.807) is 0 Å². The van der Waals surface area contributed by atoms with Gasteiger partial charge in [-0.05, 0) is 18.2 Å². The van der Waals surface area contributed by atoms with Crippen LogP contribution >= 0.6 is 23.1 Å². The number of carbonyl (C=O) groups is 1. The predicted molar refractivity (Wildman–Crippen MR) is 86.4 cm³/mol. The number of hydrogen-bond acceptors (Lipinski definition) is 9. The van der Waals surface area contributed by atoms with Crippen molar-refractivity contribution in [3.8, 4) is 5.75 Å². The molecule has 1 aromatic carbocycles. The van der Waals surface area contributed by atoms with Gasteiger partial charge in [-0.1, -0.05) is 23.1 Å². The highest BCUT2D eigenvalue weighted by atomic mass is 32.2. The summed E-state index contributed by atoms with van der Waals surface area (Å²) in [6, 6.07) is 3.14. The summed E-state index contributed by atoms with van der Waals surface area (Å²) in [5, 5.41) is 7.41. The minimum Gasteiger partial charge on any atom is -0.495 e. The molecule has 0 unspecified atom stereocenters. The first-order chi connectivity index (χ1) is 11.4. The molecule has 130 valence electrons. The Bertz CT molecular complexity index is 840. The van der Waals surface area contributed by atoms with Gasteiger partial charge in [0.15, 0.2) is 4.34 Å². The maximum atomic E-state index is 13.3. The summed E-state index contributed by atoms with van der Waals surface area (Å²) in [6.45, 7) is 0. The Balaban J connectivity index is 2.17. The fourth-order valence-electron chi connectivity index (χ4n) is 1.52. The summed E-state index contributed by atoms with van der Waals surface area (Å²) >= 11 is 1.99. The van der Waals surface area contributed by atoms with E-state index >= 15 is 0 Å². The van der Waals surface area contributed by atoms with Crippen LogP contribution in [0.4, 0.5) is 9.52 Å². The van der Waals surface area contributed by atoms with Gasteiger partial charge < -0.3 is 9.47 Å². The summed E-state index contributed by atoms with van der Waals surface area (Å²) < 4.78 is 50.1. The third-order valence-electron chi connectivity index (χ3n) is 2.58. The van der Waals surface area contributed by atoms with Crippen molar-refractivity contribution in [2.75, 3.05) is 24.7 Å². The first-order valence-corrected chi connectivity index (χ1v) is 9.53. The van der Waals surface area contributed by atoms with E-state index < -0.39 is 21.8 Å². The van der Waals surface area contributed by atoms with E-state index in [0.717, 1.165) is 35.2 Å². The molecule has 1 aromatic heterocycles. The molecule has 0 aliphatic rings. The van der Waals surface area contributed by atoms with Gasteiger partial charge in [-0.2, -0.15) is 0 Å². The molecule has 0 radical (unpaired) electrons. The van der Waals surface area contributed by atoms with Crippen molar-refractivity contribution in [3.05, 3.63) is 24.0 Å². The lowest BCUT2D eigenvalue weighted by Crippen LogP contribution is -2.14. The van der Waals surface area contributed by atoms with Crippen LogP contribution in [0.15, 0.2) is 27.4 Å². The second kappa shape index (κ2) is 7.77. The standard InChI is InChI=1S/C12H12FN3O5S3/c1-20-8-4-3-7(13)5-9(8)24(18,19)16-11-14-15-12(23-11)22-6-10(17)21-2/h3-5H,6H2,1-2H3,(H,14,16). The maximum Gasteiger partial charge on any atom is 0.316 e. The number of esters is 1. The molecule has 0 amide bonds. The van der Waals surface area contributed by atoms with Crippen LogP contribution in [0.1, 0.15) is 0 Å². The fourth-order valence-corrected chi connectivity index (χ4v) is 4.52. The molecule has 0 fully saturated rings. The molecule has 1 heterocycles. The number of aromatic nitrogens is 2. The minimum absolute atomic E-state index is 0.00583. The second-order valence-corrected chi connectivity index (χ2v) is 7.99. The Morgan fingerprint density at radius 1 is 1.38 bits per heavy atom. The molecule has 0 spiro atoms. The molecule has 0 atom stereocenters. The highest BCUT2D eigenvalue weighted by Crippen LogP contribution is 2.30. The Labute approximate surface area is 145 Å². The van der Waals surface area contributed by atoms with Gasteiger partial charge in [0.05, 0.1) is 20.0 Å². The number of sulfonamides is 1. The zero-order valence-electron chi connectivity index (χ0n) is 12.5. The number of halogens is 1. The van der Waals surface area contributed by atoms with E-state index in [9.17, 15) is 17.6 Å². The largest absolute Gasteiger partial charge is 0.495 e. The number of methoxy groups -OCH3 is 2. The summed E-state index contributed by atoms with van der Waals surface area (Å²) in [6.07, 6.45) is 0. The smallest absolute Gasteiger partial charge is 0.316 e. The molecule has 2 rings (SSSR count). The van der Waals surface area contributed by atoms with Crippen molar-refractivity contribution in [2.45, 2.75) is 9.24 Å². The molecule has 24 heavy (non-hydrogen) atoms. The van der Waals surface area contributed by atoms with Crippen LogP contribution in [0.5, 0.6) is 5.75 Å². The first kappa shape index (κ1) is 18.4. The van der Waals surface area contributed by atoms with Gasteiger partial charge in [0, 0.05) is 0 Å². The monoisotopic (exact) mass is 393 g/mol. The average molecular weight is 393 g/mol. The van der Waals surface area contributed by atoms with Gasteiger partial charge in [0.1, 0.15) is 16.5 Å². The summed E-state index contributed by atoms with van der Waals surface area (Å²) in [5.41, 5.74) is 0. The molecule has 0 saturated heterocycles. The fraction of sp³-hybridized carbons (Fsp3) is 0.250. The normalized spacial score (nSPS) is 11.1. The Kier molecular flexibility index (Phi) is 5.96. The highest BCUT2D eigenvalue weighted by Gasteiger charge is 2.22. The number of hydrogen-bond donors (Lipinski definition) is 1. The molecule has 2 aromatic rings. The quantitative estimate of drug-likeness (QED) is 0.560. The van der Waals surface area contributed by atoms with Crippen molar-refractivity contribution >= 4 is 44.2 Å². The summed E-state index contributed by atoms with van der Waals surface area (Å²) in [4.78, 5) is 10.7. The SMILES string of the molecule is COC(=O)CSc1nnc(NS(=O)(=O)c2cc(F)ccc2OC)s1. The van der Waals surface area contributed by atoms with Crippen molar-refractivity contribution < 1.29 is 27.1 Å². The van der Waals surface area contributed by atoms with Crippen molar-refractivity contribution in [1.82, 2.24) is 10.2 Å². The van der Waals surface area contributed by atoms with Crippen LogP contribution < -0.4 is 9.46 Å². The first-order valence-electron chi connectivity index (χ1n) is 6.25. The Morgan fingerprint density at radius 2 is 2.12 bits per heavy atom. The van der Waals surface area contributed by atoms with Crippen LogP contribution in [0.25, 0.3) is 0 Å². The van der Waals surface area contributed by atoms with Gasteiger partial charge in [0.25, 0.3) is 10.0 Å². The second-order valence-electron chi connectivity index (χ2n) is 4.14.